The summed E-state index contributed by atoms with van der Waals surface area (Å²) in [6.07, 6.45) is 1.43. The molecule has 1 aromatic heterocycles. The Morgan fingerprint density at radius 1 is 1.24 bits per heavy atom. The third-order valence-electron chi connectivity index (χ3n) is 4.43. The van der Waals surface area contributed by atoms with Crippen LogP contribution in [0.25, 0.3) is 22.0 Å². The molecule has 0 bridgehead atoms. The van der Waals surface area contributed by atoms with E-state index in [-0.39, 0.29) is 17.9 Å². The van der Waals surface area contributed by atoms with Gasteiger partial charge in [-0.2, -0.15) is 0 Å². The van der Waals surface area contributed by atoms with Gasteiger partial charge in [-0.3, -0.25) is 0 Å². The molecule has 6 heteroatoms. The highest BCUT2D eigenvalue weighted by Gasteiger charge is 2.23. The number of aliphatic hydroxyl groups excluding tert-OH is 1. The molecule has 130 valence electrons. The summed E-state index contributed by atoms with van der Waals surface area (Å²) < 4.78 is 0. The molecule has 2 aromatic carbocycles. The standard InChI is InChI=1S/C19H18ClNO4/c1-19(2,9-22)14-4-3-10(5-17(14)23)11-6-12-13(18(24)25)8-21-16(12)7-15(11)20/h3-8,21-23H,9H2,1-2H3,(H,24,25). The Morgan fingerprint density at radius 3 is 2.56 bits per heavy atom. The number of H-pyrrole nitrogens is 1. The van der Waals surface area contributed by atoms with E-state index >= 15 is 0 Å². The monoisotopic (exact) mass is 359 g/mol. The molecule has 0 unspecified atom stereocenters. The number of aromatic carboxylic acids is 1. The number of carboxylic acid groups (broad SMARTS) is 1. The van der Waals surface area contributed by atoms with E-state index in [1.807, 2.05) is 13.8 Å². The Hall–Kier alpha value is -2.50. The topological polar surface area (TPSA) is 93.5 Å². The highest BCUT2D eigenvalue weighted by atomic mass is 35.5. The summed E-state index contributed by atoms with van der Waals surface area (Å²) in [5.41, 5.74) is 2.14. The molecule has 0 saturated carbocycles. The molecule has 0 aliphatic rings. The summed E-state index contributed by atoms with van der Waals surface area (Å²) in [4.78, 5) is 14.2. The predicted octanol–water partition coefficient (Wildman–Crippen LogP) is 4.16. The highest BCUT2D eigenvalue weighted by molar-refractivity contribution is 6.34. The first-order valence-electron chi connectivity index (χ1n) is 7.73. The molecule has 0 spiro atoms. The lowest BCUT2D eigenvalue weighted by atomic mass is 9.84. The van der Waals surface area contributed by atoms with Gasteiger partial charge in [-0.15, -0.1) is 0 Å². The zero-order valence-electron chi connectivity index (χ0n) is 13.8. The number of hydrogen-bond donors (Lipinski definition) is 4. The number of benzene rings is 2. The van der Waals surface area contributed by atoms with E-state index in [2.05, 4.69) is 4.98 Å². The molecule has 0 radical (unpaired) electrons. The number of halogens is 1. The van der Waals surface area contributed by atoms with Gasteiger partial charge in [-0.25, -0.2) is 4.79 Å². The van der Waals surface area contributed by atoms with Gasteiger partial charge in [0.2, 0.25) is 0 Å². The van der Waals surface area contributed by atoms with Crippen molar-refractivity contribution < 1.29 is 20.1 Å². The zero-order chi connectivity index (χ0) is 18.4. The van der Waals surface area contributed by atoms with Gasteiger partial charge in [0, 0.05) is 33.6 Å². The highest BCUT2D eigenvalue weighted by Crippen LogP contribution is 2.38. The molecule has 4 N–H and O–H groups in total. The fourth-order valence-electron chi connectivity index (χ4n) is 2.90. The molecular formula is C19H18ClNO4. The maximum Gasteiger partial charge on any atom is 0.337 e. The van der Waals surface area contributed by atoms with Crippen LogP contribution in [0.1, 0.15) is 29.8 Å². The number of phenols is 1. The quantitative estimate of drug-likeness (QED) is 0.562. The van der Waals surface area contributed by atoms with Crippen molar-refractivity contribution in [2.45, 2.75) is 19.3 Å². The minimum Gasteiger partial charge on any atom is -0.508 e. The number of aromatic amines is 1. The van der Waals surface area contributed by atoms with Gasteiger partial charge < -0.3 is 20.3 Å². The third-order valence-corrected chi connectivity index (χ3v) is 4.75. The molecule has 0 atom stereocenters. The lowest BCUT2D eigenvalue weighted by Crippen LogP contribution is -2.22. The van der Waals surface area contributed by atoms with Crippen molar-refractivity contribution >= 4 is 28.5 Å². The van der Waals surface area contributed by atoms with Gasteiger partial charge in [0.1, 0.15) is 5.75 Å². The van der Waals surface area contributed by atoms with Crippen molar-refractivity contribution in [2.24, 2.45) is 0 Å². The van der Waals surface area contributed by atoms with Crippen LogP contribution in [0.15, 0.2) is 36.5 Å². The molecule has 0 saturated heterocycles. The Morgan fingerprint density at radius 2 is 1.96 bits per heavy atom. The van der Waals surface area contributed by atoms with Gasteiger partial charge in [-0.1, -0.05) is 37.6 Å². The average Bonchev–Trinajstić information content (AvgIpc) is 2.96. The number of carbonyl (C=O) groups is 1. The summed E-state index contributed by atoms with van der Waals surface area (Å²) in [6.45, 7) is 3.57. The molecule has 0 fully saturated rings. The average molecular weight is 360 g/mol. The van der Waals surface area contributed by atoms with Crippen molar-refractivity contribution in [3.8, 4) is 16.9 Å². The van der Waals surface area contributed by atoms with Crippen LogP contribution in [0.4, 0.5) is 0 Å². The van der Waals surface area contributed by atoms with E-state index in [0.29, 0.717) is 32.6 Å². The first-order valence-corrected chi connectivity index (χ1v) is 8.11. The minimum atomic E-state index is -1.03. The molecule has 1 heterocycles. The van der Waals surface area contributed by atoms with Gasteiger partial charge >= 0.3 is 5.97 Å². The number of fused-ring (bicyclic) bond motifs is 1. The van der Waals surface area contributed by atoms with Gasteiger partial charge in [0.05, 0.1) is 17.2 Å². The van der Waals surface area contributed by atoms with Crippen molar-refractivity contribution in [1.29, 1.82) is 0 Å². The van der Waals surface area contributed by atoms with Crippen LogP contribution in [-0.4, -0.2) is 32.9 Å². The van der Waals surface area contributed by atoms with Crippen LogP contribution in [0, 0.1) is 0 Å². The van der Waals surface area contributed by atoms with Crippen LogP contribution in [-0.2, 0) is 5.41 Å². The molecule has 0 aliphatic carbocycles. The largest absolute Gasteiger partial charge is 0.508 e. The number of phenolic OH excluding ortho intramolecular Hbond substituents is 1. The van der Waals surface area contributed by atoms with Crippen LogP contribution >= 0.6 is 11.6 Å². The van der Waals surface area contributed by atoms with E-state index in [4.69, 9.17) is 11.6 Å². The number of aromatic hydroxyl groups is 1. The van der Waals surface area contributed by atoms with Gasteiger partial charge in [0.15, 0.2) is 0 Å². The molecule has 3 aromatic rings. The van der Waals surface area contributed by atoms with Crippen LogP contribution in [0.5, 0.6) is 5.75 Å². The van der Waals surface area contributed by atoms with Crippen LogP contribution in [0.2, 0.25) is 5.02 Å². The Labute approximate surface area is 149 Å². The smallest absolute Gasteiger partial charge is 0.337 e. The molecule has 3 rings (SSSR count). The van der Waals surface area contributed by atoms with Crippen molar-refractivity contribution in [3.05, 3.63) is 52.7 Å². The summed E-state index contributed by atoms with van der Waals surface area (Å²) in [7, 11) is 0. The fourth-order valence-corrected chi connectivity index (χ4v) is 3.17. The number of rotatable bonds is 4. The number of nitrogens with one attached hydrogen (secondary N) is 1. The fraction of sp³-hybridized carbons (Fsp3) is 0.211. The first-order chi connectivity index (χ1) is 11.7. The Kier molecular flexibility index (Phi) is 4.22. The molecular weight excluding hydrogens is 342 g/mol. The number of aliphatic hydroxyl groups is 1. The maximum absolute atomic E-state index is 11.3. The van der Waals surface area contributed by atoms with E-state index in [0.717, 1.165) is 0 Å². The third kappa shape index (κ3) is 2.97. The van der Waals surface area contributed by atoms with Crippen LogP contribution in [0.3, 0.4) is 0 Å². The lowest BCUT2D eigenvalue weighted by Gasteiger charge is -2.23. The van der Waals surface area contributed by atoms with E-state index in [1.165, 1.54) is 6.20 Å². The lowest BCUT2D eigenvalue weighted by molar-refractivity contribution is 0.0699. The summed E-state index contributed by atoms with van der Waals surface area (Å²) >= 11 is 6.35. The normalized spacial score (nSPS) is 11.8. The van der Waals surface area contributed by atoms with E-state index in [9.17, 15) is 20.1 Å². The van der Waals surface area contributed by atoms with Crippen LogP contribution < -0.4 is 0 Å². The molecule has 0 amide bonds. The maximum atomic E-state index is 11.3. The Bertz CT molecular complexity index is 975. The van der Waals surface area contributed by atoms with Crippen molar-refractivity contribution in [3.63, 3.8) is 0 Å². The van der Waals surface area contributed by atoms with Gasteiger partial charge in [0.25, 0.3) is 0 Å². The summed E-state index contributed by atoms with van der Waals surface area (Å²) in [5, 5.41) is 30.1. The van der Waals surface area contributed by atoms with Crippen molar-refractivity contribution in [2.75, 3.05) is 6.61 Å². The van der Waals surface area contributed by atoms with Crippen molar-refractivity contribution in [1.82, 2.24) is 4.98 Å². The van der Waals surface area contributed by atoms with E-state index in [1.54, 1.807) is 30.3 Å². The van der Waals surface area contributed by atoms with Gasteiger partial charge in [-0.05, 0) is 23.8 Å². The molecule has 25 heavy (non-hydrogen) atoms. The second-order valence-electron chi connectivity index (χ2n) is 6.66. The molecule has 5 nitrogen and oxygen atoms in total. The predicted molar refractivity (Wildman–Crippen MR) is 97.5 cm³/mol. The number of hydrogen-bond acceptors (Lipinski definition) is 3. The Balaban J connectivity index is 2.16. The SMILES string of the molecule is CC(C)(CO)c1ccc(-c2cc3c(C(=O)O)c[nH]c3cc2Cl)cc1O. The zero-order valence-corrected chi connectivity index (χ0v) is 14.6. The number of carboxylic acids is 1. The minimum absolute atomic E-state index is 0.0558. The van der Waals surface area contributed by atoms with E-state index < -0.39 is 11.4 Å². The second-order valence-corrected chi connectivity index (χ2v) is 7.07. The summed E-state index contributed by atoms with van der Waals surface area (Å²) in [5.74, 6) is -0.970. The second kappa shape index (κ2) is 6.10. The summed E-state index contributed by atoms with van der Waals surface area (Å²) in [6, 6.07) is 8.49. The first kappa shape index (κ1) is 17.3. The molecule has 0 aliphatic heterocycles. The number of aromatic nitrogens is 1.